The molecule has 0 aliphatic heterocycles. The van der Waals surface area contributed by atoms with Crippen molar-refractivity contribution in [1.29, 1.82) is 0 Å². The van der Waals surface area contributed by atoms with Gasteiger partial charge in [0.2, 0.25) is 0 Å². The molecule has 0 radical (unpaired) electrons. The summed E-state index contributed by atoms with van der Waals surface area (Å²) < 4.78 is 37.1. The Morgan fingerprint density at radius 3 is 2.50 bits per heavy atom. The second-order valence-electron chi connectivity index (χ2n) is 4.43. The molecule has 0 amide bonds. The summed E-state index contributed by atoms with van der Waals surface area (Å²) in [5, 5.41) is 0.495. The molecule has 0 spiro atoms. The van der Waals surface area contributed by atoms with Crippen LogP contribution >= 0.6 is 11.6 Å². The van der Waals surface area contributed by atoms with Crippen LogP contribution in [0.4, 0.5) is 18.9 Å². The number of halogens is 4. The SMILES string of the molecule is CC(N)Cc1cc(Cl)ccc1N(C)CC(F)(F)F. The third-order valence-electron chi connectivity index (χ3n) is 2.41. The quantitative estimate of drug-likeness (QED) is 0.917. The number of anilines is 1. The highest BCUT2D eigenvalue weighted by molar-refractivity contribution is 6.30. The molecule has 2 nitrogen and oxygen atoms in total. The van der Waals surface area contributed by atoms with Crippen LogP contribution in [0.25, 0.3) is 0 Å². The largest absolute Gasteiger partial charge is 0.405 e. The minimum atomic E-state index is -4.24. The summed E-state index contributed by atoms with van der Waals surface area (Å²) in [6.45, 7) is 0.801. The predicted octanol–water partition coefficient (Wildman–Crippen LogP) is 3.23. The van der Waals surface area contributed by atoms with Crippen LogP contribution in [0.2, 0.25) is 5.02 Å². The van der Waals surface area contributed by atoms with Gasteiger partial charge in [-0.1, -0.05) is 11.6 Å². The number of rotatable bonds is 4. The molecule has 0 aromatic heterocycles. The van der Waals surface area contributed by atoms with E-state index in [-0.39, 0.29) is 6.04 Å². The van der Waals surface area contributed by atoms with Gasteiger partial charge in [-0.15, -0.1) is 0 Å². The molecule has 0 aliphatic carbocycles. The summed E-state index contributed by atoms with van der Waals surface area (Å²) in [5.74, 6) is 0. The molecule has 0 saturated heterocycles. The number of hydrogen-bond acceptors (Lipinski definition) is 2. The third kappa shape index (κ3) is 4.74. The molecule has 1 atom stereocenters. The lowest BCUT2D eigenvalue weighted by atomic mass is 10.0. The monoisotopic (exact) mass is 280 g/mol. The van der Waals surface area contributed by atoms with Crippen molar-refractivity contribution in [1.82, 2.24) is 0 Å². The van der Waals surface area contributed by atoms with Gasteiger partial charge in [-0.25, -0.2) is 0 Å². The molecule has 1 aromatic rings. The standard InChI is InChI=1S/C12H16ClF3N2/c1-8(17)5-9-6-10(13)3-4-11(9)18(2)7-12(14,15)16/h3-4,6,8H,5,7,17H2,1-2H3. The van der Waals surface area contributed by atoms with Crippen molar-refractivity contribution in [2.75, 3.05) is 18.5 Å². The van der Waals surface area contributed by atoms with Gasteiger partial charge >= 0.3 is 6.18 Å². The van der Waals surface area contributed by atoms with Gasteiger partial charge in [-0.3, -0.25) is 0 Å². The number of alkyl halides is 3. The highest BCUT2D eigenvalue weighted by Gasteiger charge is 2.30. The average Bonchev–Trinajstić information content (AvgIpc) is 2.13. The van der Waals surface area contributed by atoms with Crippen LogP contribution in [0.1, 0.15) is 12.5 Å². The minimum absolute atomic E-state index is 0.137. The molecule has 0 heterocycles. The summed E-state index contributed by atoms with van der Waals surface area (Å²) in [4.78, 5) is 1.16. The summed E-state index contributed by atoms with van der Waals surface area (Å²) in [6.07, 6.45) is -3.75. The Balaban J connectivity index is 2.99. The second-order valence-corrected chi connectivity index (χ2v) is 4.86. The molecule has 6 heteroatoms. The average molecular weight is 281 g/mol. The lowest BCUT2D eigenvalue weighted by Gasteiger charge is -2.24. The van der Waals surface area contributed by atoms with Crippen LogP contribution in [0.15, 0.2) is 18.2 Å². The maximum absolute atomic E-state index is 12.4. The van der Waals surface area contributed by atoms with Crippen LogP contribution < -0.4 is 10.6 Å². The van der Waals surface area contributed by atoms with Gasteiger partial charge in [-0.2, -0.15) is 13.2 Å². The number of hydrogen-bond donors (Lipinski definition) is 1. The molecule has 0 bridgehead atoms. The topological polar surface area (TPSA) is 29.3 Å². The minimum Gasteiger partial charge on any atom is -0.365 e. The van der Waals surface area contributed by atoms with E-state index in [9.17, 15) is 13.2 Å². The normalized spacial score (nSPS) is 13.5. The van der Waals surface area contributed by atoms with E-state index in [0.29, 0.717) is 17.1 Å². The van der Waals surface area contributed by atoms with Crippen molar-refractivity contribution in [2.45, 2.75) is 25.6 Å². The molecule has 0 fully saturated rings. The van der Waals surface area contributed by atoms with Gasteiger partial charge in [0.1, 0.15) is 6.54 Å². The van der Waals surface area contributed by atoms with Gasteiger partial charge in [0.25, 0.3) is 0 Å². The summed E-state index contributed by atoms with van der Waals surface area (Å²) >= 11 is 5.86. The first kappa shape index (κ1) is 15.1. The first-order chi connectivity index (χ1) is 8.19. The van der Waals surface area contributed by atoms with E-state index in [2.05, 4.69) is 0 Å². The Kier molecular flexibility index (Phi) is 4.87. The van der Waals surface area contributed by atoms with Gasteiger partial charge in [0.15, 0.2) is 0 Å². The summed E-state index contributed by atoms with van der Waals surface area (Å²) in [5.41, 5.74) is 6.92. The van der Waals surface area contributed by atoms with Gasteiger partial charge in [0, 0.05) is 23.8 Å². The summed E-state index contributed by atoms with van der Waals surface area (Å²) in [7, 11) is 1.40. The van der Waals surface area contributed by atoms with E-state index in [1.165, 1.54) is 7.05 Å². The first-order valence-corrected chi connectivity index (χ1v) is 5.89. The fraction of sp³-hybridized carbons (Fsp3) is 0.500. The molecule has 0 saturated carbocycles. The van der Waals surface area contributed by atoms with Crippen LogP contribution in [0.5, 0.6) is 0 Å². The lowest BCUT2D eigenvalue weighted by molar-refractivity contribution is -0.119. The molecular formula is C12H16ClF3N2. The Morgan fingerprint density at radius 2 is 2.00 bits per heavy atom. The zero-order chi connectivity index (χ0) is 13.9. The highest BCUT2D eigenvalue weighted by atomic mass is 35.5. The highest BCUT2D eigenvalue weighted by Crippen LogP contribution is 2.27. The summed E-state index contributed by atoms with van der Waals surface area (Å²) in [6, 6.07) is 4.69. The predicted molar refractivity (Wildman–Crippen MR) is 68.1 cm³/mol. The van der Waals surface area contributed by atoms with Crippen molar-refractivity contribution < 1.29 is 13.2 Å². The second kappa shape index (κ2) is 5.80. The van der Waals surface area contributed by atoms with Gasteiger partial charge < -0.3 is 10.6 Å². The molecular weight excluding hydrogens is 265 g/mol. The zero-order valence-corrected chi connectivity index (χ0v) is 11.0. The Labute approximate surface area is 110 Å². The molecule has 0 aliphatic rings. The van der Waals surface area contributed by atoms with Crippen molar-refractivity contribution in [3.05, 3.63) is 28.8 Å². The Hall–Kier alpha value is -0.940. The fourth-order valence-corrected chi connectivity index (χ4v) is 1.99. The maximum atomic E-state index is 12.4. The number of nitrogens with two attached hydrogens (primary N) is 1. The zero-order valence-electron chi connectivity index (χ0n) is 10.3. The Morgan fingerprint density at radius 1 is 1.39 bits per heavy atom. The van der Waals surface area contributed by atoms with Crippen LogP contribution in [-0.2, 0) is 6.42 Å². The van der Waals surface area contributed by atoms with Gasteiger partial charge in [-0.05, 0) is 37.1 Å². The first-order valence-electron chi connectivity index (χ1n) is 5.51. The number of benzene rings is 1. The molecule has 1 rings (SSSR count). The van der Waals surface area contributed by atoms with Crippen LogP contribution in [0.3, 0.4) is 0 Å². The van der Waals surface area contributed by atoms with E-state index < -0.39 is 12.7 Å². The van der Waals surface area contributed by atoms with E-state index >= 15 is 0 Å². The van der Waals surface area contributed by atoms with E-state index in [1.54, 1.807) is 25.1 Å². The maximum Gasteiger partial charge on any atom is 0.405 e. The Bertz CT molecular complexity index is 405. The van der Waals surface area contributed by atoms with Gasteiger partial charge in [0.05, 0.1) is 0 Å². The smallest absolute Gasteiger partial charge is 0.365 e. The van der Waals surface area contributed by atoms with E-state index in [0.717, 1.165) is 10.5 Å². The van der Waals surface area contributed by atoms with Crippen molar-refractivity contribution in [2.24, 2.45) is 5.73 Å². The van der Waals surface area contributed by atoms with E-state index in [4.69, 9.17) is 17.3 Å². The van der Waals surface area contributed by atoms with Crippen molar-refractivity contribution in [3.8, 4) is 0 Å². The molecule has 18 heavy (non-hydrogen) atoms. The van der Waals surface area contributed by atoms with Crippen LogP contribution in [0, 0.1) is 0 Å². The molecule has 102 valence electrons. The molecule has 1 unspecified atom stereocenters. The third-order valence-corrected chi connectivity index (χ3v) is 2.65. The number of nitrogens with zero attached hydrogens (tertiary/aromatic N) is 1. The molecule has 1 aromatic carbocycles. The van der Waals surface area contributed by atoms with E-state index in [1.807, 2.05) is 0 Å². The molecule has 2 N–H and O–H groups in total. The van der Waals surface area contributed by atoms with Crippen molar-refractivity contribution in [3.63, 3.8) is 0 Å². The lowest BCUT2D eigenvalue weighted by Crippen LogP contribution is -2.32. The fourth-order valence-electron chi connectivity index (χ4n) is 1.79. The van der Waals surface area contributed by atoms with Crippen molar-refractivity contribution >= 4 is 17.3 Å². The van der Waals surface area contributed by atoms with Crippen LogP contribution in [-0.4, -0.2) is 25.8 Å².